The molecule has 1 fully saturated rings. The second-order valence-corrected chi connectivity index (χ2v) is 8.75. The number of rotatable bonds is 9. The van der Waals surface area contributed by atoms with Gasteiger partial charge in [0.2, 0.25) is 0 Å². The Morgan fingerprint density at radius 3 is 2.50 bits per heavy atom. The predicted molar refractivity (Wildman–Crippen MR) is 85.6 cm³/mol. The van der Waals surface area contributed by atoms with Crippen LogP contribution in [0.1, 0.15) is 70.6 Å². The van der Waals surface area contributed by atoms with Gasteiger partial charge in [-0.2, -0.15) is 0 Å². The van der Waals surface area contributed by atoms with E-state index in [4.69, 9.17) is 0 Å². The molecule has 0 radical (unpaired) electrons. The van der Waals surface area contributed by atoms with Gasteiger partial charge in [-0.3, -0.25) is 0 Å². The SMILES string of the molecule is C=CCCCCCCCCC1=CC2CCC(C1)S2(=O)=O. The monoisotopic (exact) mass is 296 g/mol. The van der Waals surface area contributed by atoms with Gasteiger partial charge in [-0.1, -0.05) is 43.4 Å². The molecule has 2 rings (SSSR count). The molecule has 0 aromatic heterocycles. The zero-order valence-corrected chi connectivity index (χ0v) is 13.3. The lowest BCUT2D eigenvalue weighted by Crippen LogP contribution is -2.26. The maximum absolute atomic E-state index is 12.0. The van der Waals surface area contributed by atoms with Crippen molar-refractivity contribution in [2.45, 2.75) is 81.1 Å². The average molecular weight is 296 g/mol. The van der Waals surface area contributed by atoms with Gasteiger partial charge in [-0.25, -0.2) is 8.42 Å². The van der Waals surface area contributed by atoms with E-state index in [-0.39, 0.29) is 10.5 Å². The van der Waals surface area contributed by atoms with Crippen LogP contribution in [0.25, 0.3) is 0 Å². The van der Waals surface area contributed by atoms with Crippen LogP contribution in [0.3, 0.4) is 0 Å². The van der Waals surface area contributed by atoms with E-state index < -0.39 is 9.84 Å². The Kier molecular flexibility index (Phi) is 5.88. The van der Waals surface area contributed by atoms with Gasteiger partial charge < -0.3 is 0 Å². The predicted octanol–water partition coefficient (Wildman–Crippen LogP) is 4.57. The smallest absolute Gasteiger partial charge is 0.159 e. The third-order valence-electron chi connectivity index (χ3n) is 4.73. The molecule has 1 saturated heterocycles. The lowest BCUT2D eigenvalue weighted by Gasteiger charge is -2.20. The minimum absolute atomic E-state index is 0.0496. The summed E-state index contributed by atoms with van der Waals surface area (Å²) in [6, 6.07) is 0. The standard InChI is InChI=1S/C17H28O2S/c1-2-3-4-5-6-7-8-9-10-15-13-16-11-12-17(14-15)20(16,18)19/h2,13,16-17H,1,3-12,14H2. The Hall–Kier alpha value is -0.570. The van der Waals surface area contributed by atoms with Crippen molar-refractivity contribution >= 4 is 9.84 Å². The molecule has 2 unspecified atom stereocenters. The second kappa shape index (κ2) is 7.44. The third kappa shape index (κ3) is 3.97. The van der Waals surface area contributed by atoms with E-state index in [1.807, 2.05) is 6.08 Å². The Labute approximate surface area is 124 Å². The maximum Gasteiger partial charge on any atom is 0.159 e. The van der Waals surface area contributed by atoms with E-state index in [0.29, 0.717) is 0 Å². The molecule has 2 aliphatic rings. The molecule has 0 saturated carbocycles. The number of allylic oxidation sites excluding steroid dienone is 2. The van der Waals surface area contributed by atoms with Crippen molar-refractivity contribution in [3.05, 3.63) is 24.3 Å². The molecule has 0 aliphatic carbocycles. The number of sulfone groups is 1. The fraction of sp³-hybridized carbons (Fsp3) is 0.765. The molecule has 2 heterocycles. The topological polar surface area (TPSA) is 34.1 Å². The first-order chi connectivity index (χ1) is 9.64. The van der Waals surface area contributed by atoms with E-state index in [2.05, 4.69) is 12.7 Å². The summed E-state index contributed by atoms with van der Waals surface area (Å²) in [7, 11) is -2.79. The van der Waals surface area contributed by atoms with Crippen LogP contribution in [0.4, 0.5) is 0 Å². The number of fused-ring (bicyclic) bond motifs is 2. The van der Waals surface area contributed by atoms with Crippen LogP contribution in [0.5, 0.6) is 0 Å². The van der Waals surface area contributed by atoms with Crippen molar-refractivity contribution in [3.63, 3.8) is 0 Å². The van der Waals surface area contributed by atoms with Crippen LogP contribution in [-0.2, 0) is 9.84 Å². The van der Waals surface area contributed by atoms with E-state index in [1.54, 1.807) is 0 Å². The summed E-state index contributed by atoms with van der Waals surface area (Å²) in [6.45, 7) is 3.74. The van der Waals surface area contributed by atoms with Gasteiger partial charge in [0.25, 0.3) is 0 Å². The molecule has 20 heavy (non-hydrogen) atoms. The van der Waals surface area contributed by atoms with E-state index >= 15 is 0 Å². The van der Waals surface area contributed by atoms with Crippen LogP contribution < -0.4 is 0 Å². The molecule has 0 N–H and O–H groups in total. The van der Waals surface area contributed by atoms with Crippen LogP contribution in [0, 0.1) is 0 Å². The van der Waals surface area contributed by atoms with Gasteiger partial charge in [0.1, 0.15) is 0 Å². The molecule has 0 aromatic carbocycles. The molecular weight excluding hydrogens is 268 g/mol. The zero-order chi connectivity index (χ0) is 14.4. The summed E-state index contributed by atoms with van der Waals surface area (Å²) >= 11 is 0. The quantitative estimate of drug-likeness (QED) is 0.461. The molecule has 2 aliphatic heterocycles. The van der Waals surface area contributed by atoms with Crippen LogP contribution >= 0.6 is 0 Å². The van der Waals surface area contributed by atoms with Crippen molar-refractivity contribution in [3.8, 4) is 0 Å². The summed E-state index contributed by atoms with van der Waals surface area (Å²) < 4.78 is 23.9. The van der Waals surface area contributed by atoms with Gasteiger partial charge >= 0.3 is 0 Å². The summed E-state index contributed by atoms with van der Waals surface area (Å²) in [5.41, 5.74) is 1.42. The van der Waals surface area contributed by atoms with Gasteiger partial charge in [-0.15, -0.1) is 6.58 Å². The molecule has 3 heteroatoms. The summed E-state index contributed by atoms with van der Waals surface area (Å²) in [6.07, 6.45) is 16.6. The number of unbranched alkanes of at least 4 members (excludes halogenated alkanes) is 6. The molecule has 114 valence electrons. The Balaban J connectivity index is 1.60. The van der Waals surface area contributed by atoms with Crippen molar-refractivity contribution in [1.29, 1.82) is 0 Å². The van der Waals surface area contributed by atoms with Gasteiger partial charge in [0, 0.05) is 0 Å². The minimum Gasteiger partial charge on any atom is -0.228 e. The van der Waals surface area contributed by atoms with Crippen molar-refractivity contribution < 1.29 is 8.42 Å². The fourth-order valence-electron chi connectivity index (χ4n) is 3.48. The largest absolute Gasteiger partial charge is 0.228 e. The third-order valence-corrected chi connectivity index (χ3v) is 7.27. The molecule has 0 amide bonds. The van der Waals surface area contributed by atoms with Crippen molar-refractivity contribution in [2.24, 2.45) is 0 Å². The summed E-state index contributed by atoms with van der Waals surface area (Å²) in [5, 5.41) is -0.193. The van der Waals surface area contributed by atoms with Gasteiger partial charge in [-0.05, 0) is 44.9 Å². The Bertz CT molecular complexity index is 448. The highest BCUT2D eigenvalue weighted by molar-refractivity contribution is 7.93. The molecular formula is C17H28O2S. The highest BCUT2D eigenvalue weighted by Gasteiger charge is 2.42. The van der Waals surface area contributed by atoms with Crippen LogP contribution in [0.15, 0.2) is 24.3 Å². The molecule has 2 atom stereocenters. The Morgan fingerprint density at radius 1 is 1.10 bits per heavy atom. The summed E-state index contributed by atoms with van der Waals surface area (Å²) in [5.74, 6) is 0. The fourth-order valence-corrected chi connectivity index (χ4v) is 5.73. The van der Waals surface area contributed by atoms with Gasteiger partial charge in [0.05, 0.1) is 10.5 Å². The van der Waals surface area contributed by atoms with E-state index in [1.165, 1.54) is 44.1 Å². The van der Waals surface area contributed by atoms with Crippen molar-refractivity contribution in [1.82, 2.24) is 0 Å². The first-order valence-corrected chi connectivity index (χ1v) is 9.78. The average Bonchev–Trinajstić information content (AvgIpc) is 2.62. The number of hydrogen-bond acceptors (Lipinski definition) is 2. The molecule has 2 nitrogen and oxygen atoms in total. The zero-order valence-electron chi connectivity index (χ0n) is 12.5. The minimum atomic E-state index is -2.79. The van der Waals surface area contributed by atoms with Gasteiger partial charge in [0.15, 0.2) is 9.84 Å². The Morgan fingerprint density at radius 2 is 1.80 bits per heavy atom. The molecule has 2 bridgehead atoms. The maximum atomic E-state index is 12.0. The van der Waals surface area contributed by atoms with Crippen molar-refractivity contribution in [2.75, 3.05) is 0 Å². The van der Waals surface area contributed by atoms with Crippen LogP contribution in [0.2, 0.25) is 0 Å². The van der Waals surface area contributed by atoms with E-state index in [0.717, 1.165) is 32.1 Å². The first-order valence-electron chi connectivity index (χ1n) is 8.18. The highest BCUT2D eigenvalue weighted by atomic mass is 32.2. The molecule has 0 aromatic rings. The lowest BCUT2D eigenvalue weighted by atomic mass is 10.0. The van der Waals surface area contributed by atoms with E-state index in [9.17, 15) is 8.42 Å². The first kappa shape index (κ1) is 15.8. The highest BCUT2D eigenvalue weighted by Crippen LogP contribution is 2.38. The summed E-state index contributed by atoms with van der Waals surface area (Å²) in [4.78, 5) is 0. The second-order valence-electron chi connectivity index (χ2n) is 6.30. The lowest BCUT2D eigenvalue weighted by molar-refractivity contribution is 0.572. The normalized spacial score (nSPS) is 27.3. The molecule has 0 spiro atoms. The number of hydrogen-bond donors (Lipinski definition) is 0. The van der Waals surface area contributed by atoms with Crippen LogP contribution in [-0.4, -0.2) is 18.9 Å².